The van der Waals surface area contributed by atoms with E-state index in [-0.39, 0.29) is 12.2 Å². The SMILES string of the molecule is CCC(=O)Cc1ccc(C[C@H](NC(=O)c2cccc3ccccc23)C(=O)O)cc1. The van der Waals surface area contributed by atoms with Crippen molar-refractivity contribution in [3.63, 3.8) is 0 Å². The van der Waals surface area contributed by atoms with E-state index in [1.54, 1.807) is 24.3 Å². The summed E-state index contributed by atoms with van der Waals surface area (Å²) in [4.78, 5) is 36.0. The predicted molar refractivity (Wildman–Crippen MR) is 112 cm³/mol. The summed E-state index contributed by atoms with van der Waals surface area (Å²) in [6, 6.07) is 19.1. The number of aliphatic carboxylic acids is 1. The summed E-state index contributed by atoms with van der Waals surface area (Å²) in [5, 5.41) is 13.9. The summed E-state index contributed by atoms with van der Waals surface area (Å²) in [5.74, 6) is -1.35. The number of fused-ring (bicyclic) bond motifs is 1. The maximum atomic E-state index is 12.8. The molecule has 1 atom stereocenters. The maximum absolute atomic E-state index is 12.8. The molecule has 29 heavy (non-hydrogen) atoms. The molecule has 0 spiro atoms. The van der Waals surface area contributed by atoms with Crippen molar-refractivity contribution in [3.8, 4) is 0 Å². The lowest BCUT2D eigenvalue weighted by molar-refractivity contribution is -0.139. The summed E-state index contributed by atoms with van der Waals surface area (Å²) < 4.78 is 0. The summed E-state index contributed by atoms with van der Waals surface area (Å²) in [7, 11) is 0. The molecular weight excluding hydrogens is 366 g/mol. The van der Waals surface area contributed by atoms with Gasteiger partial charge in [-0.05, 0) is 28.0 Å². The number of carboxylic acid groups (broad SMARTS) is 1. The lowest BCUT2D eigenvalue weighted by Crippen LogP contribution is -2.42. The minimum atomic E-state index is -1.09. The molecule has 3 aromatic carbocycles. The quantitative estimate of drug-likeness (QED) is 0.614. The maximum Gasteiger partial charge on any atom is 0.326 e. The fourth-order valence-corrected chi connectivity index (χ4v) is 3.24. The summed E-state index contributed by atoms with van der Waals surface area (Å²) in [6.07, 6.45) is 1.02. The van der Waals surface area contributed by atoms with Crippen molar-refractivity contribution in [2.45, 2.75) is 32.2 Å². The van der Waals surface area contributed by atoms with Crippen LogP contribution >= 0.6 is 0 Å². The monoisotopic (exact) mass is 389 g/mol. The normalized spacial score (nSPS) is 11.8. The van der Waals surface area contributed by atoms with Crippen molar-refractivity contribution in [1.29, 1.82) is 0 Å². The third-order valence-corrected chi connectivity index (χ3v) is 4.90. The number of carbonyl (C=O) groups is 3. The molecule has 5 heteroatoms. The van der Waals surface area contributed by atoms with Crippen LogP contribution in [0.3, 0.4) is 0 Å². The van der Waals surface area contributed by atoms with E-state index in [0.29, 0.717) is 18.4 Å². The zero-order valence-corrected chi connectivity index (χ0v) is 16.2. The first-order valence-corrected chi connectivity index (χ1v) is 9.59. The topological polar surface area (TPSA) is 83.5 Å². The van der Waals surface area contributed by atoms with Crippen molar-refractivity contribution in [2.24, 2.45) is 0 Å². The number of amides is 1. The molecule has 0 saturated heterocycles. The van der Waals surface area contributed by atoms with Crippen LogP contribution in [0.2, 0.25) is 0 Å². The van der Waals surface area contributed by atoms with E-state index in [1.165, 1.54) is 0 Å². The van der Waals surface area contributed by atoms with Crippen molar-refractivity contribution in [1.82, 2.24) is 5.32 Å². The van der Waals surface area contributed by atoms with Crippen molar-refractivity contribution in [2.75, 3.05) is 0 Å². The van der Waals surface area contributed by atoms with Gasteiger partial charge in [0.25, 0.3) is 5.91 Å². The summed E-state index contributed by atoms with van der Waals surface area (Å²) >= 11 is 0. The Hall–Kier alpha value is -3.47. The molecule has 148 valence electrons. The lowest BCUT2D eigenvalue weighted by Gasteiger charge is -2.16. The predicted octanol–water partition coefficient (Wildman–Crippen LogP) is 3.79. The van der Waals surface area contributed by atoms with Gasteiger partial charge in [0.05, 0.1) is 0 Å². The Bertz CT molecular complexity index is 1030. The van der Waals surface area contributed by atoms with Gasteiger partial charge in [0.15, 0.2) is 0 Å². The van der Waals surface area contributed by atoms with Crippen LogP contribution in [0.25, 0.3) is 10.8 Å². The van der Waals surface area contributed by atoms with Crippen LogP contribution in [0.15, 0.2) is 66.7 Å². The third kappa shape index (κ3) is 5.08. The molecule has 0 aliphatic heterocycles. The van der Waals surface area contributed by atoms with Crippen LogP contribution in [0.1, 0.15) is 34.8 Å². The molecule has 0 fully saturated rings. The Balaban J connectivity index is 1.74. The van der Waals surface area contributed by atoms with Gasteiger partial charge in [0.1, 0.15) is 11.8 Å². The molecule has 0 unspecified atom stereocenters. The molecule has 0 heterocycles. The van der Waals surface area contributed by atoms with Crippen LogP contribution in [0.4, 0.5) is 0 Å². The average molecular weight is 389 g/mol. The van der Waals surface area contributed by atoms with Gasteiger partial charge < -0.3 is 10.4 Å². The lowest BCUT2D eigenvalue weighted by atomic mass is 10.0. The molecule has 3 rings (SSSR count). The minimum absolute atomic E-state index is 0.156. The van der Waals surface area contributed by atoms with E-state index in [2.05, 4.69) is 5.32 Å². The Morgan fingerprint density at radius 1 is 0.897 bits per heavy atom. The minimum Gasteiger partial charge on any atom is -0.480 e. The number of carbonyl (C=O) groups excluding carboxylic acids is 2. The van der Waals surface area contributed by atoms with Crippen molar-refractivity contribution < 1.29 is 19.5 Å². The Kier molecular flexibility index (Phi) is 6.39. The Labute approximate surface area is 169 Å². The number of nitrogens with one attached hydrogen (secondary N) is 1. The number of carboxylic acids is 1. The highest BCUT2D eigenvalue weighted by molar-refractivity contribution is 6.07. The molecule has 0 saturated carbocycles. The van der Waals surface area contributed by atoms with E-state index in [1.807, 2.05) is 49.4 Å². The zero-order chi connectivity index (χ0) is 20.8. The van der Waals surface area contributed by atoms with Gasteiger partial charge >= 0.3 is 5.97 Å². The molecule has 0 aromatic heterocycles. The van der Waals surface area contributed by atoms with E-state index in [4.69, 9.17) is 0 Å². The number of rotatable bonds is 8. The van der Waals surface area contributed by atoms with Gasteiger partial charge in [0, 0.05) is 24.8 Å². The first-order chi connectivity index (χ1) is 14.0. The number of hydrogen-bond acceptors (Lipinski definition) is 3. The molecule has 0 bridgehead atoms. The second kappa shape index (κ2) is 9.15. The third-order valence-electron chi connectivity index (χ3n) is 4.90. The highest BCUT2D eigenvalue weighted by atomic mass is 16.4. The Morgan fingerprint density at radius 3 is 2.24 bits per heavy atom. The number of ketones is 1. The molecule has 3 aromatic rings. The van der Waals surface area contributed by atoms with Gasteiger partial charge in [0.2, 0.25) is 0 Å². The number of benzene rings is 3. The fourth-order valence-electron chi connectivity index (χ4n) is 3.24. The van der Waals surface area contributed by atoms with E-state index in [9.17, 15) is 19.5 Å². The van der Waals surface area contributed by atoms with E-state index < -0.39 is 17.9 Å². The number of hydrogen-bond donors (Lipinski definition) is 2. The van der Waals surface area contributed by atoms with Crippen LogP contribution in [-0.2, 0) is 22.4 Å². The van der Waals surface area contributed by atoms with Crippen molar-refractivity contribution in [3.05, 3.63) is 83.4 Å². The average Bonchev–Trinajstić information content (AvgIpc) is 2.73. The van der Waals surface area contributed by atoms with Gasteiger partial charge in [-0.15, -0.1) is 0 Å². The highest BCUT2D eigenvalue weighted by Gasteiger charge is 2.22. The van der Waals surface area contributed by atoms with Gasteiger partial charge in [-0.1, -0.05) is 67.6 Å². The van der Waals surface area contributed by atoms with E-state index in [0.717, 1.165) is 21.9 Å². The number of Topliss-reactive ketones (excluding diaryl/α,β-unsaturated/α-hetero) is 1. The molecule has 0 radical (unpaired) electrons. The van der Waals surface area contributed by atoms with Crippen LogP contribution in [0, 0.1) is 0 Å². The van der Waals surface area contributed by atoms with E-state index >= 15 is 0 Å². The highest BCUT2D eigenvalue weighted by Crippen LogP contribution is 2.19. The fraction of sp³-hybridized carbons (Fsp3) is 0.208. The standard InChI is InChI=1S/C24H23NO4/c1-2-19(26)14-16-10-12-17(13-11-16)15-22(24(28)29)25-23(27)21-9-5-7-18-6-3-4-8-20(18)21/h3-13,22H,2,14-15H2,1H3,(H,25,27)(H,28,29)/t22-/m0/s1. The second-order valence-electron chi connectivity index (χ2n) is 6.98. The molecule has 1 amide bonds. The molecule has 5 nitrogen and oxygen atoms in total. The molecule has 0 aliphatic rings. The second-order valence-corrected chi connectivity index (χ2v) is 6.98. The summed E-state index contributed by atoms with van der Waals surface area (Å²) in [5.41, 5.74) is 2.12. The van der Waals surface area contributed by atoms with Crippen LogP contribution < -0.4 is 5.32 Å². The van der Waals surface area contributed by atoms with Crippen LogP contribution in [0.5, 0.6) is 0 Å². The van der Waals surface area contributed by atoms with Crippen molar-refractivity contribution >= 4 is 28.4 Å². The molecule has 2 N–H and O–H groups in total. The summed E-state index contributed by atoms with van der Waals surface area (Å²) in [6.45, 7) is 1.83. The van der Waals surface area contributed by atoms with Crippen LogP contribution in [-0.4, -0.2) is 28.8 Å². The smallest absolute Gasteiger partial charge is 0.326 e. The first kappa shape index (κ1) is 20.3. The largest absolute Gasteiger partial charge is 0.480 e. The zero-order valence-electron chi connectivity index (χ0n) is 16.2. The first-order valence-electron chi connectivity index (χ1n) is 9.59. The van der Waals surface area contributed by atoms with Gasteiger partial charge in [-0.2, -0.15) is 0 Å². The van der Waals surface area contributed by atoms with Gasteiger partial charge in [-0.25, -0.2) is 4.79 Å². The van der Waals surface area contributed by atoms with Gasteiger partial charge in [-0.3, -0.25) is 9.59 Å². The molecule has 0 aliphatic carbocycles. The Morgan fingerprint density at radius 2 is 1.55 bits per heavy atom. The molecular formula is C24H23NO4.